The highest BCUT2D eigenvalue weighted by Gasteiger charge is 2.26. The van der Waals surface area contributed by atoms with Gasteiger partial charge in [-0.25, -0.2) is 0 Å². The summed E-state index contributed by atoms with van der Waals surface area (Å²) < 4.78 is 0. The highest BCUT2D eigenvalue weighted by Crippen LogP contribution is 2.34. The minimum Gasteiger partial charge on any atom is -0.300 e. The largest absolute Gasteiger partial charge is 0.300 e. The third-order valence-corrected chi connectivity index (χ3v) is 6.12. The van der Waals surface area contributed by atoms with E-state index in [9.17, 15) is 0 Å². The molecule has 0 saturated carbocycles. The summed E-state index contributed by atoms with van der Waals surface area (Å²) in [6.45, 7) is 9.38. The molecular weight excluding hydrogens is 338 g/mol. The van der Waals surface area contributed by atoms with E-state index in [-0.39, 0.29) is 0 Å². The van der Waals surface area contributed by atoms with Crippen LogP contribution in [0.5, 0.6) is 0 Å². The fourth-order valence-electron chi connectivity index (χ4n) is 4.50. The van der Waals surface area contributed by atoms with Crippen LogP contribution in [-0.2, 0) is 12.8 Å². The smallest absolute Gasteiger partial charge is 0.0406 e. The van der Waals surface area contributed by atoms with Gasteiger partial charge in [-0.15, -0.1) is 0 Å². The highest BCUT2D eigenvalue weighted by molar-refractivity contribution is 6.30. The van der Waals surface area contributed by atoms with Crippen LogP contribution in [0, 0.1) is 0 Å². The Labute approximate surface area is 164 Å². The van der Waals surface area contributed by atoms with Gasteiger partial charge < -0.3 is 4.90 Å². The summed E-state index contributed by atoms with van der Waals surface area (Å²) in [4.78, 5) is 2.73. The third kappa shape index (κ3) is 4.32. The number of rotatable bonds is 7. The number of nitrogens with zero attached hydrogens (tertiary/aromatic N) is 1. The molecule has 0 aromatic heterocycles. The molecule has 0 aliphatic heterocycles. The maximum Gasteiger partial charge on any atom is 0.0406 e. The van der Waals surface area contributed by atoms with E-state index in [1.54, 1.807) is 11.1 Å². The first-order valence-electron chi connectivity index (χ1n) is 10.2. The molecule has 0 bridgehead atoms. The van der Waals surface area contributed by atoms with Crippen LogP contribution >= 0.6 is 11.6 Å². The van der Waals surface area contributed by atoms with Gasteiger partial charge >= 0.3 is 0 Å². The van der Waals surface area contributed by atoms with Crippen molar-refractivity contribution in [3.05, 3.63) is 69.7 Å². The van der Waals surface area contributed by atoms with E-state index in [1.807, 2.05) is 12.1 Å². The fraction of sp³-hybridized carbons (Fsp3) is 0.500. The molecule has 0 fully saturated rings. The van der Waals surface area contributed by atoms with Crippen LogP contribution in [0.25, 0.3) is 0 Å². The average molecular weight is 370 g/mol. The van der Waals surface area contributed by atoms with Crippen molar-refractivity contribution in [1.82, 2.24) is 4.90 Å². The Morgan fingerprint density at radius 1 is 1.04 bits per heavy atom. The molecule has 1 nitrogen and oxygen atoms in total. The van der Waals surface area contributed by atoms with Crippen LogP contribution in [0.2, 0.25) is 5.02 Å². The molecule has 0 heterocycles. The lowest BCUT2D eigenvalue weighted by Crippen LogP contribution is -2.40. The average Bonchev–Trinajstić information content (AvgIpc) is 2.67. The van der Waals surface area contributed by atoms with Gasteiger partial charge in [-0.3, -0.25) is 0 Å². The topological polar surface area (TPSA) is 3.24 Å². The van der Waals surface area contributed by atoms with Crippen LogP contribution in [0.3, 0.4) is 0 Å². The molecule has 2 aromatic rings. The Bertz CT molecular complexity index is 701. The summed E-state index contributed by atoms with van der Waals surface area (Å²) in [6, 6.07) is 16.0. The van der Waals surface area contributed by atoms with Crippen molar-refractivity contribution < 1.29 is 0 Å². The van der Waals surface area contributed by atoms with E-state index < -0.39 is 0 Å². The van der Waals surface area contributed by atoms with Crippen LogP contribution in [-0.4, -0.2) is 24.0 Å². The summed E-state index contributed by atoms with van der Waals surface area (Å²) >= 11 is 6.09. The number of fused-ring (bicyclic) bond motifs is 1. The molecular formula is C24H32ClN. The maximum atomic E-state index is 6.09. The van der Waals surface area contributed by atoms with E-state index >= 15 is 0 Å². The van der Waals surface area contributed by atoms with Gasteiger partial charge in [-0.1, -0.05) is 62.7 Å². The lowest BCUT2D eigenvalue weighted by atomic mass is 9.80. The van der Waals surface area contributed by atoms with Crippen LogP contribution in [0.1, 0.15) is 68.2 Å². The summed E-state index contributed by atoms with van der Waals surface area (Å²) in [7, 11) is 0. The molecule has 0 radical (unpaired) electrons. The van der Waals surface area contributed by atoms with E-state index in [0.717, 1.165) is 5.02 Å². The summed E-state index contributed by atoms with van der Waals surface area (Å²) in [5.41, 5.74) is 6.02. The van der Waals surface area contributed by atoms with Crippen molar-refractivity contribution in [2.75, 3.05) is 13.1 Å². The van der Waals surface area contributed by atoms with Gasteiger partial charge in [-0.05, 0) is 79.6 Å². The lowest BCUT2D eigenvalue weighted by molar-refractivity contribution is 0.179. The Morgan fingerprint density at radius 3 is 2.38 bits per heavy atom. The molecule has 2 heteroatoms. The predicted octanol–water partition coefficient (Wildman–Crippen LogP) is 6.47. The second-order valence-corrected chi connectivity index (χ2v) is 8.13. The first kappa shape index (κ1) is 19.5. The van der Waals surface area contributed by atoms with E-state index in [0.29, 0.717) is 12.0 Å². The van der Waals surface area contributed by atoms with Gasteiger partial charge in [0.25, 0.3) is 0 Å². The molecule has 3 rings (SSSR count). The van der Waals surface area contributed by atoms with Crippen molar-refractivity contribution in [1.29, 1.82) is 0 Å². The number of hydrogen-bond acceptors (Lipinski definition) is 1. The van der Waals surface area contributed by atoms with E-state index in [2.05, 4.69) is 56.0 Å². The Kier molecular flexibility index (Phi) is 6.78. The standard InChI is InChI=1S/C24H32ClN/c1-4-15-26(16-5-2)22-14-11-20-7-6-8-23(24(20)17-22)18(3)19-9-12-21(25)13-10-19/h6-10,12-13,18,22H,4-5,11,14-17H2,1-3H3. The molecule has 140 valence electrons. The number of benzene rings is 2. The summed E-state index contributed by atoms with van der Waals surface area (Å²) in [6.07, 6.45) is 6.19. The number of hydrogen-bond donors (Lipinski definition) is 0. The van der Waals surface area contributed by atoms with Gasteiger partial charge in [0.1, 0.15) is 0 Å². The summed E-state index contributed by atoms with van der Waals surface area (Å²) in [5, 5.41) is 0.811. The molecule has 2 atom stereocenters. The fourth-order valence-corrected chi connectivity index (χ4v) is 4.62. The van der Waals surface area contributed by atoms with Crippen molar-refractivity contribution in [2.24, 2.45) is 0 Å². The van der Waals surface area contributed by atoms with E-state index in [4.69, 9.17) is 11.6 Å². The predicted molar refractivity (Wildman–Crippen MR) is 113 cm³/mol. The Morgan fingerprint density at radius 2 is 1.73 bits per heavy atom. The SMILES string of the molecule is CCCN(CCC)C1CCc2cccc(C(C)c3ccc(Cl)cc3)c2C1. The first-order valence-corrected chi connectivity index (χ1v) is 10.6. The molecule has 0 amide bonds. The highest BCUT2D eigenvalue weighted by atomic mass is 35.5. The second-order valence-electron chi connectivity index (χ2n) is 7.69. The molecule has 2 aromatic carbocycles. The number of halogens is 1. The molecule has 2 unspecified atom stereocenters. The van der Waals surface area contributed by atoms with Gasteiger partial charge in [0.2, 0.25) is 0 Å². The lowest BCUT2D eigenvalue weighted by Gasteiger charge is -2.36. The molecule has 0 saturated heterocycles. The molecule has 0 N–H and O–H groups in total. The van der Waals surface area contributed by atoms with Gasteiger partial charge in [0.15, 0.2) is 0 Å². The van der Waals surface area contributed by atoms with Crippen LogP contribution in [0.15, 0.2) is 42.5 Å². The van der Waals surface area contributed by atoms with Crippen molar-refractivity contribution >= 4 is 11.6 Å². The maximum absolute atomic E-state index is 6.09. The quantitative estimate of drug-likeness (QED) is 0.540. The normalized spacial score (nSPS) is 18.0. The van der Waals surface area contributed by atoms with E-state index in [1.165, 1.54) is 56.3 Å². The summed E-state index contributed by atoms with van der Waals surface area (Å²) in [5.74, 6) is 0.409. The molecule has 1 aliphatic rings. The monoisotopic (exact) mass is 369 g/mol. The minimum atomic E-state index is 0.409. The first-order chi connectivity index (χ1) is 12.6. The van der Waals surface area contributed by atoms with Crippen molar-refractivity contribution in [3.63, 3.8) is 0 Å². The van der Waals surface area contributed by atoms with Gasteiger partial charge in [0, 0.05) is 17.0 Å². The van der Waals surface area contributed by atoms with Crippen LogP contribution < -0.4 is 0 Å². The van der Waals surface area contributed by atoms with Crippen molar-refractivity contribution in [2.45, 2.75) is 64.8 Å². The zero-order valence-electron chi connectivity index (χ0n) is 16.5. The molecule has 26 heavy (non-hydrogen) atoms. The van der Waals surface area contributed by atoms with Crippen molar-refractivity contribution in [3.8, 4) is 0 Å². The van der Waals surface area contributed by atoms with Gasteiger partial charge in [0.05, 0.1) is 0 Å². The molecule has 0 spiro atoms. The zero-order valence-corrected chi connectivity index (χ0v) is 17.2. The number of aryl methyl sites for hydroxylation is 1. The second kappa shape index (κ2) is 9.06. The zero-order chi connectivity index (χ0) is 18.5. The van der Waals surface area contributed by atoms with Crippen LogP contribution in [0.4, 0.5) is 0 Å². The third-order valence-electron chi connectivity index (χ3n) is 5.87. The molecule has 1 aliphatic carbocycles. The van der Waals surface area contributed by atoms with Gasteiger partial charge in [-0.2, -0.15) is 0 Å². The Balaban J connectivity index is 1.88. The Hall–Kier alpha value is -1.31. The minimum absolute atomic E-state index is 0.409.